The molecule has 2 aromatic heterocycles. The van der Waals surface area contributed by atoms with Gasteiger partial charge in [0.15, 0.2) is 5.69 Å². The first-order chi connectivity index (χ1) is 15.6. The van der Waals surface area contributed by atoms with Crippen molar-refractivity contribution >= 4 is 5.97 Å². The number of imidazole rings is 1. The molecule has 2 aromatic carbocycles. The Morgan fingerprint density at radius 2 is 2.00 bits per heavy atom. The molecule has 4 aromatic rings. The highest BCUT2D eigenvalue weighted by molar-refractivity contribution is 5.89. The molecule has 0 aliphatic carbocycles. The van der Waals surface area contributed by atoms with Gasteiger partial charge in [-0.05, 0) is 31.5 Å². The first kappa shape index (κ1) is 20.0. The average Bonchev–Trinajstić information content (AvgIpc) is 3.35. The van der Waals surface area contributed by atoms with Crippen LogP contribution in [0.2, 0.25) is 0 Å². The maximum atomic E-state index is 12.6. The average molecular weight is 429 g/mol. The van der Waals surface area contributed by atoms with E-state index in [0.717, 1.165) is 34.0 Å². The number of nitrogens with zero attached hydrogens (tertiary/aromatic N) is 5. The predicted octanol–water partition coefficient (Wildman–Crippen LogP) is 3.44. The number of carbonyl (C=O) groups excluding carboxylic acids is 1. The summed E-state index contributed by atoms with van der Waals surface area (Å²) in [6, 6.07) is 14.1. The van der Waals surface area contributed by atoms with Crippen molar-refractivity contribution < 1.29 is 14.3 Å². The number of hydrogen-bond acceptors (Lipinski definition) is 6. The molecule has 0 saturated heterocycles. The zero-order chi connectivity index (χ0) is 22.2. The number of esters is 1. The van der Waals surface area contributed by atoms with Crippen LogP contribution in [0.25, 0.3) is 11.4 Å². The highest BCUT2D eigenvalue weighted by Crippen LogP contribution is 2.33. The molecule has 0 atom stereocenters. The Balaban J connectivity index is 1.69. The summed E-state index contributed by atoms with van der Waals surface area (Å²) in [5, 5.41) is 9.00. The van der Waals surface area contributed by atoms with Crippen molar-refractivity contribution in [3.63, 3.8) is 0 Å². The molecule has 0 bridgehead atoms. The molecule has 0 saturated carbocycles. The molecule has 32 heavy (non-hydrogen) atoms. The lowest BCUT2D eigenvalue weighted by Gasteiger charge is -2.11. The Morgan fingerprint density at radius 1 is 1.12 bits per heavy atom. The van der Waals surface area contributed by atoms with Crippen LogP contribution >= 0.6 is 0 Å². The Bertz CT molecular complexity index is 1320. The van der Waals surface area contributed by atoms with Gasteiger partial charge in [0.25, 0.3) is 0 Å². The van der Waals surface area contributed by atoms with E-state index in [1.54, 1.807) is 20.4 Å². The number of ether oxygens (including phenoxy) is 2. The Kier molecular flexibility index (Phi) is 4.97. The molecule has 3 heterocycles. The Labute approximate surface area is 185 Å². The largest absolute Gasteiger partial charge is 0.497 e. The first-order valence-electron chi connectivity index (χ1n) is 10.5. The minimum absolute atomic E-state index is 0.289. The van der Waals surface area contributed by atoms with Gasteiger partial charge in [0, 0.05) is 18.9 Å². The van der Waals surface area contributed by atoms with Gasteiger partial charge in [0.2, 0.25) is 0 Å². The van der Waals surface area contributed by atoms with Crippen molar-refractivity contribution in [1.82, 2.24) is 24.5 Å². The van der Waals surface area contributed by atoms with Gasteiger partial charge in [-0.15, -0.1) is 5.10 Å². The van der Waals surface area contributed by atoms with Crippen molar-refractivity contribution in [2.75, 3.05) is 13.7 Å². The van der Waals surface area contributed by atoms with Gasteiger partial charge in [0.1, 0.15) is 12.1 Å². The molecular formula is C24H23N5O3. The molecule has 0 fully saturated rings. The Hall–Kier alpha value is -3.94. The summed E-state index contributed by atoms with van der Waals surface area (Å²) >= 11 is 0. The fourth-order valence-corrected chi connectivity index (χ4v) is 4.14. The zero-order valence-electron chi connectivity index (χ0n) is 18.2. The van der Waals surface area contributed by atoms with E-state index < -0.39 is 5.97 Å². The molecule has 0 spiro atoms. The molecule has 0 N–H and O–H groups in total. The number of methoxy groups -OCH3 is 1. The normalized spacial score (nSPS) is 11.8. The highest BCUT2D eigenvalue weighted by Gasteiger charge is 2.29. The molecule has 5 rings (SSSR count). The van der Waals surface area contributed by atoms with Gasteiger partial charge in [-0.2, -0.15) is 0 Å². The number of fused-ring (bicyclic) bond motifs is 5. The number of aromatic nitrogens is 5. The van der Waals surface area contributed by atoms with Crippen LogP contribution in [0.3, 0.4) is 0 Å². The van der Waals surface area contributed by atoms with E-state index in [1.165, 1.54) is 5.56 Å². The summed E-state index contributed by atoms with van der Waals surface area (Å²) in [6.07, 6.45) is 2.74. The molecule has 162 valence electrons. The first-order valence-corrected chi connectivity index (χ1v) is 10.5. The topological polar surface area (TPSA) is 84.1 Å². The number of hydrogen-bond donors (Lipinski definition) is 0. The lowest BCUT2D eigenvalue weighted by Crippen LogP contribution is -2.11. The van der Waals surface area contributed by atoms with Crippen LogP contribution in [-0.2, 0) is 17.6 Å². The second-order valence-electron chi connectivity index (χ2n) is 7.72. The molecular weight excluding hydrogens is 406 g/mol. The maximum absolute atomic E-state index is 12.6. The van der Waals surface area contributed by atoms with E-state index in [9.17, 15) is 4.79 Å². The number of benzene rings is 2. The lowest BCUT2D eigenvalue weighted by atomic mass is 10.0. The number of carbonyl (C=O) groups is 1. The third-order valence-corrected chi connectivity index (χ3v) is 5.64. The summed E-state index contributed by atoms with van der Waals surface area (Å²) in [6.45, 7) is 4.15. The number of rotatable bonds is 5. The summed E-state index contributed by atoms with van der Waals surface area (Å²) in [5.41, 5.74) is 6.83. The van der Waals surface area contributed by atoms with Gasteiger partial charge in [0.05, 0.1) is 42.2 Å². The molecule has 0 radical (unpaired) electrons. The van der Waals surface area contributed by atoms with Crippen molar-refractivity contribution in [1.29, 1.82) is 0 Å². The maximum Gasteiger partial charge on any atom is 0.358 e. The van der Waals surface area contributed by atoms with Gasteiger partial charge in [-0.25, -0.2) is 14.5 Å². The second kappa shape index (κ2) is 7.96. The van der Waals surface area contributed by atoms with E-state index in [-0.39, 0.29) is 6.61 Å². The van der Waals surface area contributed by atoms with E-state index in [0.29, 0.717) is 24.3 Å². The summed E-state index contributed by atoms with van der Waals surface area (Å²) < 4.78 is 14.5. The fourth-order valence-electron chi connectivity index (χ4n) is 4.14. The highest BCUT2D eigenvalue weighted by atomic mass is 16.5. The lowest BCUT2D eigenvalue weighted by molar-refractivity contribution is 0.0519. The minimum Gasteiger partial charge on any atom is -0.497 e. The third kappa shape index (κ3) is 3.33. The van der Waals surface area contributed by atoms with Crippen LogP contribution in [0.5, 0.6) is 5.75 Å². The van der Waals surface area contributed by atoms with E-state index in [1.807, 2.05) is 33.5 Å². The number of aryl methyl sites for hydroxylation is 1. The molecule has 1 aliphatic rings. The standard InChI is InChI=1S/C24H23N5O3/c1-4-32-24(30)23-22-13-20-18(11-16-7-5-6-15(2)10-16)26-27-29(20)21-12-17(31-3)8-9-19(21)28(22)14-25-23/h5-10,12,14H,4,11,13H2,1-3H3. The van der Waals surface area contributed by atoms with Crippen molar-refractivity contribution in [2.24, 2.45) is 0 Å². The molecule has 0 unspecified atom stereocenters. The van der Waals surface area contributed by atoms with Crippen LogP contribution in [-0.4, -0.2) is 44.2 Å². The van der Waals surface area contributed by atoms with Crippen LogP contribution in [0.4, 0.5) is 0 Å². The van der Waals surface area contributed by atoms with Crippen molar-refractivity contribution in [3.8, 4) is 17.1 Å². The van der Waals surface area contributed by atoms with Gasteiger partial charge in [-0.3, -0.25) is 4.57 Å². The zero-order valence-corrected chi connectivity index (χ0v) is 18.2. The monoisotopic (exact) mass is 429 g/mol. The Morgan fingerprint density at radius 3 is 2.78 bits per heavy atom. The van der Waals surface area contributed by atoms with E-state index >= 15 is 0 Å². The second-order valence-corrected chi connectivity index (χ2v) is 7.72. The van der Waals surface area contributed by atoms with Gasteiger partial charge < -0.3 is 9.47 Å². The summed E-state index contributed by atoms with van der Waals surface area (Å²) in [5.74, 6) is 0.275. The molecule has 0 amide bonds. The summed E-state index contributed by atoms with van der Waals surface area (Å²) in [4.78, 5) is 17.0. The van der Waals surface area contributed by atoms with Gasteiger partial charge >= 0.3 is 5.97 Å². The van der Waals surface area contributed by atoms with E-state index in [2.05, 4.69) is 40.4 Å². The summed E-state index contributed by atoms with van der Waals surface area (Å²) in [7, 11) is 1.63. The quantitative estimate of drug-likeness (QED) is 0.398. The third-order valence-electron chi connectivity index (χ3n) is 5.64. The van der Waals surface area contributed by atoms with Crippen LogP contribution in [0.15, 0.2) is 48.8 Å². The minimum atomic E-state index is -0.433. The van der Waals surface area contributed by atoms with Crippen molar-refractivity contribution in [2.45, 2.75) is 26.7 Å². The van der Waals surface area contributed by atoms with Crippen LogP contribution < -0.4 is 4.74 Å². The van der Waals surface area contributed by atoms with Crippen LogP contribution in [0, 0.1) is 6.92 Å². The SMILES string of the molecule is CCOC(=O)c1ncn2c1Cc1c(Cc3cccc(C)c3)nnn1-c1cc(OC)ccc1-2. The predicted molar refractivity (Wildman–Crippen MR) is 118 cm³/mol. The smallest absolute Gasteiger partial charge is 0.358 e. The molecule has 8 heteroatoms. The van der Waals surface area contributed by atoms with Gasteiger partial charge in [-0.1, -0.05) is 35.0 Å². The fraction of sp³-hybridized carbons (Fsp3) is 0.250. The molecule has 8 nitrogen and oxygen atoms in total. The van der Waals surface area contributed by atoms with Crippen LogP contribution in [0.1, 0.15) is 45.6 Å². The molecule has 1 aliphatic heterocycles. The van der Waals surface area contributed by atoms with E-state index in [4.69, 9.17) is 9.47 Å². The van der Waals surface area contributed by atoms with Crippen molar-refractivity contribution in [3.05, 3.63) is 82.7 Å².